The number of carbonyl (C=O) groups excluding carboxylic acids is 1. The number of rotatable bonds is 7. The molecular weight excluding hydrogens is 231 g/mol. The van der Waals surface area contributed by atoms with Gasteiger partial charge in [-0.25, -0.2) is 0 Å². The molecule has 96 valence electrons. The normalized spacial score (nSPS) is 15.6. The highest BCUT2D eigenvalue weighted by atomic mass is 31.2. The number of carbonyl (C=O) groups is 1. The molecule has 6 heteroatoms. The molecule has 1 atom stereocenters. The van der Waals surface area contributed by atoms with Gasteiger partial charge in [0, 0.05) is 0 Å². The molecule has 0 fully saturated rings. The third-order valence-electron chi connectivity index (χ3n) is 1.89. The largest absolute Gasteiger partial charge is 0.466 e. The average Bonchev–Trinajstić information content (AvgIpc) is 1.99. The van der Waals surface area contributed by atoms with Gasteiger partial charge >= 0.3 is 13.6 Å². The van der Waals surface area contributed by atoms with Crippen molar-refractivity contribution in [2.75, 3.05) is 19.4 Å². The predicted molar refractivity (Wildman–Crippen MR) is 61.3 cm³/mol. The van der Waals surface area contributed by atoms with E-state index in [0.717, 1.165) is 0 Å². The second kappa shape index (κ2) is 6.38. The van der Waals surface area contributed by atoms with Crippen LogP contribution >= 0.6 is 7.60 Å². The summed E-state index contributed by atoms with van der Waals surface area (Å²) in [4.78, 5) is 20.7. The third-order valence-corrected chi connectivity index (χ3v) is 3.80. The van der Waals surface area contributed by atoms with E-state index in [4.69, 9.17) is 9.26 Å². The van der Waals surface area contributed by atoms with Gasteiger partial charge in [-0.1, -0.05) is 13.8 Å². The fourth-order valence-electron chi connectivity index (χ4n) is 1.45. The zero-order valence-corrected chi connectivity index (χ0v) is 11.3. The van der Waals surface area contributed by atoms with Crippen molar-refractivity contribution in [1.29, 1.82) is 0 Å². The van der Waals surface area contributed by atoms with Gasteiger partial charge in [-0.15, -0.1) is 0 Å². The van der Waals surface area contributed by atoms with Gasteiger partial charge in [0.2, 0.25) is 0 Å². The molecule has 1 N–H and O–H groups in total. The van der Waals surface area contributed by atoms with Crippen LogP contribution in [-0.2, 0) is 18.6 Å². The van der Waals surface area contributed by atoms with Crippen LogP contribution in [0.4, 0.5) is 0 Å². The summed E-state index contributed by atoms with van der Waals surface area (Å²) >= 11 is 0. The highest BCUT2D eigenvalue weighted by Gasteiger charge is 2.32. The lowest BCUT2D eigenvalue weighted by Gasteiger charge is -2.25. The number of hydrogen-bond donors (Lipinski definition) is 1. The van der Waals surface area contributed by atoms with Crippen molar-refractivity contribution in [3.63, 3.8) is 0 Å². The van der Waals surface area contributed by atoms with Crippen LogP contribution in [0.15, 0.2) is 0 Å². The highest BCUT2D eigenvalue weighted by molar-refractivity contribution is 7.52. The molecule has 0 aliphatic carbocycles. The average molecular weight is 252 g/mol. The minimum absolute atomic E-state index is 0.0490. The molecule has 0 aromatic rings. The van der Waals surface area contributed by atoms with Crippen LogP contribution in [-0.4, -0.2) is 30.2 Å². The fraction of sp³-hybridized carbons (Fsp3) is 0.900. The lowest BCUT2D eigenvalue weighted by Crippen LogP contribution is -2.23. The summed E-state index contributed by atoms with van der Waals surface area (Å²) in [7, 11) is -3.60. The Labute approximate surface area is 96.7 Å². The van der Waals surface area contributed by atoms with Crippen molar-refractivity contribution >= 4 is 13.6 Å². The van der Waals surface area contributed by atoms with E-state index in [9.17, 15) is 14.3 Å². The fourth-order valence-corrected chi connectivity index (χ4v) is 3.14. The molecule has 1 unspecified atom stereocenters. The first kappa shape index (κ1) is 15.6. The van der Waals surface area contributed by atoms with Crippen LogP contribution in [0, 0.1) is 5.41 Å². The Morgan fingerprint density at radius 1 is 1.31 bits per heavy atom. The van der Waals surface area contributed by atoms with E-state index in [1.165, 1.54) is 0 Å². The Balaban J connectivity index is 4.33. The van der Waals surface area contributed by atoms with Crippen LogP contribution in [0.3, 0.4) is 0 Å². The van der Waals surface area contributed by atoms with Crippen molar-refractivity contribution in [3.05, 3.63) is 0 Å². The highest BCUT2D eigenvalue weighted by Crippen LogP contribution is 2.48. The van der Waals surface area contributed by atoms with Gasteiger partial charge in [-0.2, -0.15) is 0 Å². The molecule has 0 aliphatic rings. The molecule has 0 aromatic heterocycles. The lowest BCUT2D eigenvalue weighted by molar-refractivity contribution is -0.145. The van der Waals surface area contributed by atoms with E-state index in [0.29, 0.717) is 6.61 Å². The Hall–Kier alpha value is -0.380. The topological polar surface area (TPSA) is 72.8 Å². The zero-order valence-electron chi connectivity index (χ0n) is 10.4. The van der Waals surface area contributed by atoms with Crippen molar-refractivity contribution in [1.82, 2.24) is 0 Å². The molecular formula is C10H21O5P. The van der Waals surface area contributed by atoms with Gasteiger partial charge in [-0.3, -0.25) is 9.36 Å². The van der Waals surface area contributed by atoms with Crippen molar-refractivity contribution in [3.8, 4) is 0 Å². The minimum Gasteiger partial charge on any atom is -0.466 e. The van der Waals surface area contributed by atoms with Crippen molar-refractivity contribution in [2.24, 2.45) is 5.41 Å². The summed E-state index contributed by atoms with van der Waals surface area (Å²) < 4.78 is 21.1. The van der Waals surface area contributed by atoms with Gasteiger partial charge in [0.05, 0.1) is 25.8 Å². The quantitative estimate of drug-likeness (QED) is 0.555. The maximum Gasteiger partial charge on any atom is 0.328 e. The number of ether oxygens (including phenoxy) is 1. The van der Waals surface area contributed by atoms with E-state index >= 15 is 0 Å². The van der Waals surface area contributed by atoms with Gasteiger partial charge in [0.1, 0.15) is 0 Å². The van der Waals surface area contributed by atoms with Crippen molar-refractivity contribution in [2.45, 2.75) is 34.1 Å². The Morgan fingerprint density at radius 3 is 2.31 bits per heavy atom. The number of esters is 1. The van der Waals surface area contributed by atoms with Crippen molar-refractivity contribution < 1.29 is 23.5 Å². The Bertz CT molecular complexity index is 274. The Morgan fingerprint density at radius 2 is 1.88 bits per heavy atom. The van der Waals surface area contributed by atoms with E-state index < -0.39 is 13.0 Å². The van der Waals surface area contributed by atoms with Crippen LogP contribution in [0.5, 0.6) is 0 Å². The standard InChI is InChI=1S/C10H21O5P/c1-5-14-9(11)7-10(3,4)8-16(12,13)15-6-2/h5-8H2,1-4H3,(H,12,13). The van der Waals surface area contributed by atoms with Gasteiger partial charge in [0.15, 0.2) is 0 Å². The maximum atomic E-state index is 11.6. The second-order valence-electron chi connectivity index (χ2n) is 4.36. The summed E-state index contributed by atoms with van der Waals surface area (Å²) in [6.07, 6.45) is 0.0606. The monoisotopic (exact) mass is 252 g/mol. The van der Waals surface area contributed by atoms with Gasteiger partial charge < -0.3 is 14.2 Å². The molecule has 0 amide bonds. The second-order valence-corrected chi connectivity index (χ2v) is 6.21. The van der Waals surface area contributed by atoms with E-state index in [2.05, 4.69) is 0 Å². The molecule has 0 aliphatic heterocycles. The van der Waals surface area contributed by atoms with Gasteiger partial charge in [-0.05, 0) is 19.3 Å². The van der Waals surface area contributed by atoms with Gasteiger partial charge in [0.25, 0.3) is 0 Å². The van der Waals surface area contributed by atoms with Crippen LogP contribution in [0.25, 0.3) is 0 Å². The lowest BCUT2D eigenvalue weighted by atomic mass is 9.92. The minimum atomic E-state index is -3.60. The van der Waals surface area contributed by atoms with Crippen LogP contribution in [0.2, 0.25) is 0 Å². The molecule has 0 rings (SSSR count). The molecule has 0 spiro atoms. The molecule has 0 bridgehead atoms. The Kier molecular flexibility index (Phi) is 6.23. The molecule has 0 saturated heterocycles. The van der Waals surface area contributed by atoms with E-state index in [1.54, 1.807) is 27.7 Å². The van der Waals surface area contributed by atoms with E-state index in [-0.39, 0.29) is 25.2 Å². The summed E-state index contributed by atoms with van der Waals surface area (Å²) in [5.41, 5.74) is -0.605. The van der Waals surface area contributed by atoms with Crippen LogP contribution < -0.4 is 0 Å². The molecule has 0 aromatic carbocycles. The summed E-state index contributed by atoms with van der Waals surface area (Å²) in [5, 5.41) is 0. The predicted octanol–water partition coefficient (Wildman–Crippen LogP) is 2.19. The number of hydrogen-bond acceptors (Lipinski definition) is 4. The summed E-state index contributed by atoms with van der Waals surface area (Å²) in [5.74, 6) is -0.357. The summed E-state index contributed by atoms with van der Waals surface area (Å²) in [6, 6.07) is 0. The summed E-state index contributed by atoms with van der Waals surface area (Å²) in [6.45, 7) is 7.36. The molecule has 0 saturated carbocycles. The molecule has 0 radical (unpaired) electrons. The first-order chi connectivity index (χ1) is 7.22. The smallest absolute Gasteiger partial charge is 0.328 e. The van der Waals surface area contributed by atoms with E-state index in [1.807, 2.05) is 0 Å². The zero-order chi connectivity index (χ0) is 12.8. The molecule has 5 nitrogen and oxygen atoms in total. The molecule has 16 heavy (non-hydrogen) atoms. The van der Waals surface area contributed by atoms with Crippen LogP contribution in [0.1, 0.15) is 34.1 Å². The molecule has 0 heterocycles. The first-order valence-corrected chi connectivity index (χ1v) is 7.10. The SMILES string of the molecule is CCOC(=O)CC(C)(C)CP(=O)(O)OCC. The first-order valence-electron chi connectivity index (χ1n) is 5.34. The third kappa shape index (κ3) is 6.99. The maximum absolute atomic E-state index is 11.6.